The van der Waals surface area contributed by atoms with Gasteiger partial charge in [0.1, 0.15) is 11.6 Å². The standard InChI is InChI=1S/C16H20N4O2/c17-15-12-3-1-2-4-13(12)18-14(19-15)11-20-7-5-16(6-8-20)21-9-10-22-16/h1-4H,5-11H2,(H2,17,18,19). The summed E-state index contributed by atoms with van der Waals surface area (Å²) in [6.07, 6.45) is 1.80. The molecule has 2 aliphatic heterocycles. The second-order valence-electron chi connectivity index (χ2n) is 5.93. The Morgan fingerprint density at radius 2 is 1.82 bits per heavy atom. The molecule has 2 aliphatic rings. The van der Waals surface area contributed by atoms with Gasteiger partial charge in [-0.3, -0.25) is 4.90 Å². The predicted molar refractivity (Wildman–Crippen MR) is 83.1 cm³/mol. The number of fused-ring (bicyclic) bond motifs is 1. The molecular formula is C16H20N4O2. The van der Waals surface area contributed by atoms with Crippen molar-refractivity contribution >= 4 is 16.7 Å². The molecule has 2 fully saturated rings. The minimum atomic E-state index is -0.334. The Balaban J connectivity index is 1.48. The van der Waals surface area contributed by atoms with Gasteiger partial charge in [-0.2, -0.15) is 0 Å². The van der Waals surface area contributed by atoms with Crippen molar-refractivity contribution in [2.75, 3.05) is 32.0 Å². The highest BCUT2D eigenvalue weighted by Gasteiger charge is 2.39. The smallest absolute Gasteiger partial charge is 0.170 e. The lowest BCUT2D eigenvalue weighted by molar-refractivity contribution is -0.185. The van der Waals surface area contributed by atoms with Crippen molar-refractivity contribution in [3.8, 4) is 0 Å². The van der Waals surface area contributed by atoms with E-state index < -0.39 is 0 Å². The Hall–Kier alpha value is -1.76. The topological polar surface area (TPSA) is 73.5 Å². The Morgan fingerprint density at radius 1 is 1.09 bits per heavy atom. The Kier molecular flexibility index (Phi) is 3.44. The Labute approximate surface area is 129 Å². The number of nitrogen functional groups attached to an aromatic ring is 1. The number of hydrogen-bond acceptors (Lipinski definition) is 6. The van der Waals surface area contributed by atoms with Crippen LogP contribution in [0.2, 0.25) is 0 Å². The van der Waals surface area contributed by atoms with E-state index in [1.54, 1.807) is 0 Å². The highest BCUT2D eigenvalue weighted by atomic mass is 16.7. The monoisotopic (exact) mass is 300 g/mol. The Bertz CT molecular complexity index is 675. The largest absolute Gasteiger partial charge is 0.383 e. The van der Waals surface area contributed by atoms with Crippen LogP contribution in [-0.2, 0) is 16.0 Å². The number of aromatic nitrogens is 2. The van der Waals surface area contributed by atoms with E-state index in [0.29, 0.717) is 25.6 Å². The van der Waals surface area contributed by atoms with Crippen molar-refractivity contribution in [1.82, 2.24) is 14.9 Å². The molecule has 22 heavy (non-hydrogen) atoms. The van der Waals surface area contributed by atoms with E-state index in [0.717, 1.165) is 42.7 Å². The maximum absolute atomic E-state index is 6.05. The van der Waals surface area contributed by atoms with Gasteiger partial charge in [0.15, 0.2) is 5.79 Å². The summed E-state index contributed by atoms with van der Waals surface area (Å²) in [5.74, 6) is 0.997. The molecule has 6 heteroatoms. The first-order chi connectivity index (χ1) is 10.7. The molecule has 1 aromatic heterocycles. The molecular weight excluding hydrogens is 280 g/mol. The SMILES string of the molecule is Nc1nc(CN2CCC3(CC2)OCCO3)nc2ccccc12. The number of nitrogens with two attached hydrogens (primary N) is 1. The molecule has 6 nitrogen and oxygen atoms in total. The van der Waals surface area contributed by atoms with Crippen LogP contribution >= 0.6 is 0 Å². The highest BCUT2D eigenvalue weighted by Crippen LogP contribution is 2.31. The maximum atomic E-state index is 6.05. The molecule has 0 saturated carbocycles. The summed E-state index contributed by atoms with van der Waals surface area (Å²) in [7, 11) is 0. The number of para-hydroxylation sites is 1. The minimum absolute atomic E-state index is 0.334. The molecule has 1 aromatic carbocycles. The number of likely N-dealkylation sites (tertiary alicyclic amines) is 1. The minimum Gasteiger partial charge on any atom is -0.383 e. The third-order valence-corrected chi connectivity index (χ3v) is 4.48. The fourth-order valence-electron chi connectivity index (χ4n) is 3.26. The van der Waals surface area contributed by atoms with Crippen molar-refractivity contribution < 1.29 is 9.47 Å². The van der Waals surface area contributed by atoms with E-state index in [1.165, 1.54) is 0 Å². The predicted octanol–water partition coefficient (Wildman–Crippen LogP) is 1.55. The molecule has 0 radical (unpaired) electrons. The molecule has 2 N–H and O–H groups in total. The first-order valence-corrected chi connectivity index (χ1v) is 7.76. The zero-order valence-corrected chi connectivity index (χ0v) is 12.5. The van der Waals surface area contributed by atoms with Crippen molar-refractivity contribution in [3.63, 3.8) is 0 Å². The number of benzene rings is 1. The molecule has 0 aliphatic carbocycles. The van der Waals surface area contributed by atoms with Crippen molar-refractivity contribution in [2.45, 2.75) is 25.2 Å². The van der Waals surface area contributed by atoms with Gasteiger partial charge in [-0.05, 0) is 12.1 Å². The summed E-state index contributed by atoms with van der Waals surface area (Å²) in [4.78, 5) is 11.4. The van der Waals surface area contributed by atoms with Crippen LogP contribution in [0.25, 0.3) is 10.9 Å². The molecule has 0 unspecified atom stereocenters. The third kappa shape index (κ3) is 2.54. The zero-order chi connectivity index (χ0) is 15.0. The summed E-state index contributed by atoms with van der Waals surface area (Å²) in [6, 6.07) is 7.85. The van der Waals surface area contributed by atoms with Gasteiger partial charge >= 0.3 is 0 Å². The van der Waals surface area contributed by atoms with Gasteiger partial charge in [0.2, 0.25) is 0 Å². The maximum Gasteiger partial charge on any atom is 0.170 e. The summed E-state index contributed by atoms with van der Waals surface area (Å²) < 4.78 is 11.5. The quantitative estimate of drug-likeness (QED) is 0.907. The summed E-state index contributed by atoms with van der Waals surface area (Å²) in [5, 5.41) is 0.914. The molecule has 2 aromatic rings. The van der Waals surface area contributed by atoms with Crippen molar-refractivity contribution in [2.24, 2.45) is 0 Å². The van der Waals surface area contributed by atoms with Crippen LogP contribution < -0.4 is 5.73 Å². The van der Waals surface area contributed by atoms with Crippen LogP contribution in [0.15, 0.2) is 24.3 Å². The van der Waals surface area contributed by atoms with Crippen LogP contribution in [-0.4, -0.2) is 47.0 Å². The van der Waals surface area contributed by atoms with E-state index in [-0.39, 0.29) is 5.79 Å². The molecule has 4 rings (SSSR count). The number of ether oxygens (including phenoxy) is 2. The molecule has 0 atom stereocenters. The second kappa shape index (κ2) is 5.46. The fourth-order valence-corrected chi connectivity index (χ4v) is 3.26. The van der Waals surface area contributed by atoms with Crippen molar-refractivity contribution in [1.29, 1.82) is 0 Å². The van der Waals surface area contributed by atoms with Gasteiger partial charge < -0.3 is 15.2 Å². The first kappa shape index (κ1) is 13.9. The van der Waals surface area contributed by atoms with Crippen LogP contribution in [0, 0.1) is 0 Å². The number of rotatable bonds is 2. The summed E-state index contributed by atoms with van der Waals surface area (Å²) in [6.45, 7) is 3.99. The molecule has 2 saturated heterocycles. The molecule has 3 heterocycles. The van der Waals surface area contributed by atoms with E-state index >= 15 is 0 Å². The molecule has 116 valence electrons. The molecule has 0 amide bonds. The summed E-state index contributed by atoms with van der Waals surface area (Å²) in [5.41, 5.74) is 6.95. The van der Waals surface area contributed by atoms with Gasteiger partial charge in [-0.15, -0.1) is 0 Å². The lowest BCUT2D eigenvalue weighted by Gasteiger charge is -2.37. The fraction of sp³-hybridized carbons (Fsp3) is 0.500. The molecule has 1 spiro atoms. The van der Waals surface area contributed by atoms with Crippen molar-refractivity contribution in [3.05, 3.63) is 30.1 Å². The number of hydrogen-bond donors (Lipinski definition) is 1. The van der Waals surface area contributed by atoms with Gasteiger partial charge in [0.05, 0.1) is 25.3 Å². The number of anilines is 1. The van der Waals surface area contributed by atoms with E-state index in [4.69, 9.17) is 15.2 Å². The van der Waals surface area contributed by atoms with Gasteiger partial charge in [-0.1, -0.05) is 12.1 Å². The van der Waals surface area contributed by atoms with Crippen LogP contribution in [0.5, 0.6) is 0 Å². The normalized spacial score (nSPS) is 21.6. The van der Waals surface area contributed by atoms with E-state index in [2.05, 4.69) is 14.9 Å². The second-order valence-corrected chi connectivity index (χ2v) is 5.93. The van der Waals surface area contributed by atoms with E-state index in [1.807, 2.05) is 24.3 Å². The van der Waals surface area contributed by atoms with Crippen LogP contribution in [0.1, 0.15) is 18.7 Å². The van der Waals surface area contributed by atoms with E-state index in [9.17, 15) is 0 Å². The first-order valence-electron chi connectivity index (χ1n) is 7.76. The average Bonchev–Trinajstić information content (AvgIpc) is 2.98. The van der Waals surface area contributed by atoms with Gasteiger partial charge in [0.25, 0.3) is 0 Å². The van der Waals surface area contributed by atoms with Gasteiger partial charge in [-0.25, -0.2) is 9.97 Å². The van der Waals surface area contributed by atoms with Gasteiger partial charge in [0, 0.05) is 31.3 Å². The molecule has 0 bridgehead atoms. The lowest BCUT2D eigenvalue weighted by atomic mass is 10.0. The summed E-state index contributed by atoms with van der Waals surface area (Å²) >= 11 is 0. The number of nitrogens with zero attached hydrogens (tertiary/aromatic N) is 3. The number of piperidine rings is 1. The Morgan fingerprint density at radius 3 is 2.59 bits per heavy atom. The van der Waals surface area contributed by atoms with Crippen LogP contribution in [0.3, 0.4) is 0 Å². The lowest BCUT2D eigenvalue weighted by Crippen LogP contribution is -2.44. The third-order valence-electron chi connectivity index (χ3n) is 4.48. The average molecular weight is 300 g/mol. The zero-order valence-electron chi connectivity index (χ0n) is 12.5. The van der Waals surface area contributed by atoms with Crippen LogP contribution in [0.4, 0.5) is 5.82 Å². The highest BCUT2D eigenvalue weighted by molar-refractivity contribution is 5.87.